The molecule has 0 spiro atoms. The summed E-state index contributed by atoms with van der Waals surface area (Å²) in [6, 6.07) is 13.8. The molecule has 0 saturated heterocycles. The Kier molecular flexibility index (Phi) is 4.65. The second kappa shape index (κ2) is 6.74. The van der Waals surface area contributed by atoms with Crippen LogP contribution in [0.3, 0.4) is 0 Å². The third-order valence-electron chi connectivity index (χ3n) is 3.41. The van der Waals surface area contributed by atoms with E-state index in [1.165, 1.54) is 24.5 Å². The summed E-state index contributed by atoms with van der Waals surface area (Å²) in [6.07, 6.45) is 2.39. The highest BCUT2D eigenvalue weighted by molar-refractivity contribution is 7.90. The third-order valence-corrected chi connectivity index (χ3v) is 4.79. The number of hydrogen-bond donors (Lipinski definition) is 0. The Morgan fingerprint density at radius 3 is 2.20 bits per heavy atom. The van der Waals surface area contributed by atoms with Gasteiger partial charge in [-0.25, -0.2) is 8.42 Å². The molecule has 3 aromatic rings. The van der Waals surface area contributed by atoms with Gasteiger partial charge in [-0.2, -0.15) is 0 Å². The van der Waals surface area contributed by atoms with Gasteiger partial charge in [-0.15, -0.1) is 0 Å². The minimum atomic E-state index is -3.31. The van der Waals surface area contributed by atoms with Gasteiger partial charge in [0.25, 0.3) is 0 Å². The minimum absolute atomic E-state index is 0.0110. The van der Waals surface area contributed by atoms with Crippen molar-refractivity contribution < 1.29 is 17.6 Å². The van der Waals surface area contributed by atoms with Crippen LogP contribution in [0, 0.1) is 0 Å². The minimum Gasteiger partial charge on any atom is -0.460 e. The van der Waals surface area contributed by atoms with Crippen LogP contribution in [0.2, 0.25) is 5.02 Å². The molecule has 0 saturated carbocycles. The maximum absolute atomic E-state index is 12.2. The van der Waals surface area contributed by atoms with Gasteiger partial charge < -0.3 is 9.15 Å². The summed E-state index contributed by atoms with van der Waals surface area (Å²) in [5.74, 6) is 0.649. The molecule has 1 heterocycles. The Balaban J connectivity index is 2.04. The van der Waals surface area contributed by atoms with Crippen LogP contribution in [0.1, 0.15) is 0 Å². The fourth-order valence-electron chi connectivity index (χ4n) is 2.17. The number of ether oxygens (including phenoxy) is 1. The lowest BCUT2D eigenvalue weighted by molar-refractivity contribution is 0.447. The number of benzene rings is 2. The fourth-order valence-corrected chi connectivity index (χ4v) is 2.93. The molecular weight excluding hydrogens is 364 g/mol. The zero-order valence-corrected chi connectivity index (χ0v) is 14.7. The third kappa shape index (κ3) is 3.92. The maximum Gasteiger partial charge on any atom is 0.228 e. The van der Waals surface area contributed by atoms with Crippen LogP contribution in [0.5, 0.6) is 11.5 Å². The standard InChI is InChI=1S/C18H13ClO5S/c1-25(21,22)15-8-2-12(3-9-15)17-18(16(20)10-11-23-17)24-14-6-4-13(19)5-7-14/h2-11H,1H3. The van der Waals surface area contributed by atoms with Gasteiger partial charge in [0.1, 0.15) is 5.75 Å². The molecule has 3 rings (SSSR count). The van der Waals surface area contributed by atoms with E-state index in [4.69, 9.17) is 20.8 Å². The summed E-state index contributed by atoms with van der Waals surface area (Å²) in [6.45, 7) is 0. The van der Waals surface area contributed by atoms with Crippen molar-refractivity contribution in [2.24, 2.45) is 0 Å². The fraction of sp³-hybridized carbons (Fsp3) is 0.0556. The lowest BCUT2D eigenvalue weighted by Crippen LogP contribution is -2.04. The van der Waals surface area contributed by atoms with Crippen molar-refractivity contribution in [3.05, 3.63) is 76.1 Å². The van der Waals surface area contributed by atoms with E-state index in [1.807, 2.05) is 0 Å². The van der Waals surface area contributed by atoms with Gasteiger partial charge >= 0.3 is 0 Å². The number of sulfone groups is 1. The first-order valence-corrected chi connectivity index (χ1v) is 9.47. The van der Waals surface area contributed by atoms with Crippen molar-refractivity contribution in [2.45, 2.75) is 4.90 Å². The second-order valence-corrected chi connectivity index (χ2v) is 7.75. The zero-order chi connectivity index (χ0) is 18.0. The van der Waals surface area contributed by atoms with Gasteiger partial charge in [0.15, 0.2) is 15.6 Å². The molecule has 128 valence electrons. The highest BCUT2D eigenvalue weighted by Crippen LogP contribution is 2.31. The molecule has 0 amide bonds. The summed E-state index contributed by atoms with van der Waals surface area (Å²) in [5, 5.41) is 0.545. The summed E-state index contributed by atoms with van der Waals surface area (Å²) in [7, 11) is -3.31. The first kappa shape index (κ1) is 17.3. The van der Waals surface area contributed by atoms with Crippen molar-refractivity contribution in [2.75, 3.05) is 6.26 Å². The molecule has 5 nitrogen and oxygen atoms in total. The van der Waals surface area contributed by atoms with Crippen molar-refractivity contribution in [3.63, 3.8) is 0 Å². The lowest BCUT2D eigenvalue weighted by atomic mass is 10.1. The van der Waals surface area contributed by atoms with Crippen molar-refractivity contribution in [3.8, 4) is 22.8 Å². The molecule has 25 heavy (non-hydrogen) atoms. The molecule has 2 aromatic carbocycles. The molecule has 0 aliphatic heterocycles. The van der Waals surface area contributed by atoms with E-state index in [2.05, 4.69) is 0 Å². The molecule has 1 aromatic heterocycles. The largest absolute Gasteiger partial charge is 0.460 e. The number of rotatable bonds is 4. The smallest absolute Gasteiger partial charge is 0.228 e. The van der Waals surface area contributed by atoms with Gasteiger partial charge in [-0.1, -0.05) is 11.6 Å². The quantitative estimate of drug-likeness (QED) is 0.683. The van der Waals surface area contributed by atoms with E-state index in [0.29, 0.717) is 16.3 Å². The summed E-state index contributed by atoms with van der Waals surface area (Å²) in [5.41, 5.74) is 0.164. The topological polar surface area (TPSA) is 73.6 Å². The molecule has 0 radical (unpaired) electrons. The zero-order valence-electron chi connectivity index (χ0n) is 13.1. The molecule has 0 N–H and O–H groups in total. The summed E-state index contributed by atoms with van der Waals surface area (Å²) < 4.78 is 34.2. The molecular formula is C18H13ClO5S. The Bertz CT molecular complexity index is 1050. The first-order chi connectivity index (χ1) is 11.8. The van der Waals surface area contributed by atoms with E-state index >= 15 is 0 Å². The molecule has 7 heteroatoms. The molecule has 0 aliphatic rings. The lowest BCUT2D eigenvalue weighted by Gasteiger charge is -2.09. The van der Waals surface area contributed by atoms with Crippen LogP contribution in [-0.2, 0) is 9.84 Å². The molecule has 0 aliphatic carbocycles. The maximum atomic E-state index is 12.2. The van der Waals surface area contributed by atoms with E-state index in [-0.39, 0.29) is 21.8 Å². The Labute approximate surface area is 149 Å². The van der Waals surface area contributed by atoms with Crippen molar-refractivity contribution >= 4 is 21.4 Å². The first-order valence-electron chi connectivity index (χ1n) is 7.20. The average molecular weight is 377 g/mol. The highest BCUT2D eigenvalue weighted by Gasteiger charge is 2.15. The molecule has 0 unspecified atom stereocenters. The van der Waals surface area contributed by atoms with Gasteiger partial charge in [0.05, 0.1) is 11.2 Å². The summed E-state index contributed by atoms with van der Waals surface area (Å²) in [4.78, 5) is 12.4. The Morgan fingerprint density at radius 1 is 0.960 bits per heavy atom. The van der Waals surface area contributed by atoms with Gasteiger partial charge in [0, 0.05) is 22.9 Å². The van der Waals surface area contributed by atoms with E-state index in [1.54, 1.807) is 36.4 Å². The predicted octanol–water partition coefficient (Wildman–Crippen LogP) is 4.16. The number of hydrogen-bond acceptors (Lipinski definition) is 5. The van der Waals surface area contributed by atoms with Crippen LogP contribution in [0.15, 0.2) is 75.0 Å². The normalized spacial score (nSPS) is 11.3. The van der Waals surface area contributed by atoms with Gasteiger partial charge in [-0.3, -0.25) is 4.79 Å². The van der Waals surface area contributed by atoms with Crippen LogP contribution < -0.4 is 10.2 Å². The van der Waals surface area contributed by atoms with E-state index in [0.717, 1.165) is 6.26 Å². The van der Waals surface area contributed by atoms with E-state index in [9.17, 15) is 13.2 Å². The Hall–Kier alpha value is -2.57. The van der Waals surface area contributed by atoms with Crippen LogP contribution >= 0.6 is 11.6 Å². The van der Waals surface area contributed by atoms with Crippen LogP contribution in [-0.4, -0.2) is 14.7 Å². The van der Waals surface area contributed by atoms with Gasteiger partial charge in [-0.05, 0) is 48.5 Å². The van der Waals surface area contributed by atoms with Gasteiger partial charge in [0.2, 0.25) is 11.2 Å². The second-order valence-electron chi connectivity index (χ2n) is 5.30. The predicted molar refractivity (Wildman–Crippen MR) is 95.0 cm³/mol. The van der Waals surface area contributed by atoms with Crippen LogP contribution in [0.4, 0.5) is 0 Å². The van der Waals surface area contributed by atoms with Crippen molar-refractivity contribution in [1.29, 1.82) is 0 Å². The average Bonchev–Trinajstić information content (AvgIpc) is 2.58. The molecule has 0 atom stereocenters. The molecule has 0 bridgehead atoms. The molecule has 0 fully saturated rings. The SMILES string of the molecule is CS(=O)(=O)c1ccc(-c2occc(=O)c2Oc2ccc(Cl)cc2)cc1. The highest BCUT2D eigenvalue weighted by atomic mass is 35.5. The monoisotopic (exact) mass is 376 g/mol. The van der Waals surface area contributed by atoms with Crippen molar-refractivity contribution in [1.82, 2.24) is 0 Å². The van der Waals surface area contributed by atoms with E-state index < -0.39 is 9.84 Å². The Morgan fingerprint density at radius 2 is 1.60 bits per heavy atom. The van der Waals surface area contributed by atoms with Crippen LogP contribution in [0.25, 0.3) is 11.3 Å². The number of halogens is 1. The summed E-state index contributed by atoms with van der Waals surface area (Å²) >= 11 is 5.84.